The number of hydrogen-bond donors (Lipinski definition) is 2. The van der Waals surface area contributed by atoms with Gasteiger partial charge in [-0.15, -0.1) is 0 Å². The molecule has 1 aromatic rings. The molecule has 1 fully saturated rings. The van der Waals surface area contributed by atoms with E-state index < -0.39 is 5.91 Å². The van der Waals surface area contributed by atoms with E-state index in [1.165, 1.54) is 6.07 Å². The van der Waals surface area contributed by atoms with E-state index in [2.05, 4.69) is 5.32 Å². The van der Waals surface area contributed by atoms with Crippen LogP contribution in [0, 0.1) is 5.41 Å². The predicted octanol–water partition coefficient (Wildman–Crippen LogP) is 2.45. The lowest BCUT2D eigenvalue weighted by Crippen LogP contribution is -2.43. The van der Waals surface area contributed by atoms with Crippen molar-refractivity contribution in [1.82, 2.24) is 10.2 Å². The number of hydrogen-bond acceptors (Lipinski definition) is 9. The molecule has 0 aliphatic carbocycles. The van der Waals surface area contributed by atoms with E-state index in [1.54, 1.807) is 30.2 Å². The number of nitrogens with zero attached hydrogens (tertiary/aromatic N) is 1. The lowest BCUT2D eigenvalue weighted by atomic mass is 10.2. The monoisotopic (exact) mass is 495 g/mol. The summed E-state index contributed by atoms with van der Waals surface area (Å²) in [5.74, 6) is -0.107. The number of morpholine rings is 1. The number of unbranched alkanes of at least 4 members (excludes halogenated alkanes) is 2. The van der Waals surface area contributed by atoms with Crippen LogP contribution >= 0.6 is 11.8 Å². The quantitative estimate of drug-likeness (QED) is 0.196. The fourth-order valence-electron chi connectivity index (χ4n) is 3.11. The Kier molecular flexibility index (Phi) is 12.3. The van der Waals surface area contributed by atoms with E-state index in [-0.39, 0.29) is 23.7 Å². The van der Waals surface area contributed by atoms with Crippen LogP contribution in [0.2, 0.25) is 0 Å². The third-order valence-electron chi connectivity index (χ3n) is 4.94. The molecule has 0 unspecified atom stereocenters. The SMILES string of the molecule is CCOC(=O)CCCCCOc1cc(C(=O)NC(=N)SC)ccc1OCC(=O)N1CCOCC1. The fraction of sp³-hybridized carbons (Fsp3) is 0.565. The van der Waals surface area contributed by atoms with Crippen LogP contribution in [0.5, 0.6) is 11.5 Å². The summed E-state index contributed by atoms with van der Waals surface area (Å²) in [6.45, 7) is 4.41. The number of ether oxygens (including phenoxy) is 4. The van der Waals surface area contributed by atoms with Crippen molar-refractivity contribution in [3.8, 4) is 11.5 Å². The van der Waals surface area contributed by atoms with Gasteiger partial charge in [-0.1, -0.05) is 11.8 Å². The maximum atomic E-state index is 12.4. The largest absolute Gasteiger partial charge is 0.490 e. The normalized spacial score (nSPS) is 13.2. The van der Waals surface area contributed by atoms with Crippen LogP contribution in [-0.4, -0.2) is 80.2 Å². The van der Waals surface area contributed by atoms with Crippen LogP contribution in [0.4, 0.5) is 0 Å². The molecule has 0 spiro atoms. The number of thioether (sulfide) groups is 1. The van der Waals surface area contributed by atoms with Crippen molar-refractivity contribution >= 4 is 34.7 Å². The van der Waals surface area contributed by atoms with Crippen molar-refractivity contribution in [1.29, 1.82) is 5.41 Å². The highest BCUT2D eigenvalue weighted by molar-refractivity contribution is 8.13. The van der Waals surface area contributed by atoms with E-state index in [0.717, 1.165) is 18.2 Å². The maximum absolute atomic E-state index is 12.4. The molecule has 0 aromatic heterocycles. The zero-order valence-electron chi connectivity index (χ0n) is 19.7. The molecular formula is C23H33N3O7S. The van der Waals surface area contributed by atoms with Crippen LogP contribution in [0.25, 0.3) is 0 Å². The number of carbonyl (C=O) groups is 3. The molecule has 11 heteroatoms. The van der Waals surface area contributed by atoms with Gasteiger partial charge in [-0.25, -0.2) is 0 Å². The molecule has 2 amide bonds. The van der Waals surface area contributed by atoms with Crippen molar-refractivity contribution in [2.45, 2.75) is 32.6 Å². The van der Waals surface area contributed by atoms with E-state index >= 15 is 0 Å². The molecule has 0 atom stereocenters. The number of nitrogens with one attached hydrogen (secondary N) is 2. The molecule has 2 rings (SSSR count). The second kappa shape index (κ2) is 15.2. The third kappa shape index (κ3) is 9.60. The Labute approximate surface area is 204 Å². The molecule has 2 N–H and O–H groups in total. The summed E-state index contributed by atoms with van der Waals surface area (Å²) in [5, 5.41) is 10.2. The van der Waals surface area contributed by atoms with Crippen LogP contribution in [0.15, 0.2) is 18.2 Å². The van der Waals surface area contributed by atoms with Gasteiger partial charge in [-0.05, 0) is 50.6 Å². The predicted molar refractivity (Wildman–Crippen MR) is 129 cm³/mol. The van der Waals surface area contributed by atoms with Crippen molar-refractivity contribution in [2.75, 3.05) is 52.4 Å². The van der Waals surface area contributed by atoms with Crippen molar-refractivity contribution in [3.05, 3.63) is 23.8 Å². The van der Waals surface area contributed by atoms with Crippen LogP contribution < -0.4 is 14.8 Å². The Morgan fingerprint density at radius 2 is 1.88 bits per heavy atom. The number of amides is 2. The molecule has 0 bridgehead atoms. The van der Waals surface area contributed by atoms with Crippen LogP contribution in [-0.2, 0) is 19.1 Å². The molecule has 0 saturated carbocycles. The molecule has 0 radical (unpaired) electrons. The van der Waals surface area contributed by atoms with E-state index in [9.17, 15) is 14.4 Å². The second-order valence-electron chi connectivity index (χ2n) is 7.39. The van der Waals surface area contributed by atoms with Gasteiger partial charge in [-0.3, -0.25) is 19.8 Å². The van der Waals surface area contributed by atoms with Crippen LogP contribution in [0.3, 0.4) is 0 Å². The highest BCUT2D eigenvalue weighted by atomic mass is 32.2. The average Bonchev–Trinajstić information content (AvgIpc) is 2.85. The molecule has 1 heterocycles. The first kappa shape index (κ1) is 27.5. The zero-order valence-corrected chi connectivity index (χ0v) is 20.5. The molecule has 1 aromatic carbocycles. The zero-order chi connectivity index (χ0) is 24.8. The van der Waals surface area contributed by atoms with Crippen molar-refractivity contribution < 1.29 is 33.3 Å². The molecule has 1 saturated heterocycles. The van der Waals surface area contributed by atoms with Gasteiger partial charge in [0.05, 0.1) is 26.4 Å². The summed E-state index contributed by atoms with van der Waals surface area (Å²) in [6, 6.07) is 4.68. The minimum Gasteiger partial charge on any atom is -0.490 e. The Hall–Kier alpha value is -2.79. The second-order valence-corrected chi connectivity index (χ2v) is 8.21. The first-order valence-electron chi connectivity index (χ1n) is 11.3. The van der Waals surface area contributed by atoms with Gasteiger partial charge in [0.2, 0.25) is 0 Å². The molecule has 1 aliphatic rings. The smallest absolute Gasteiger partial charge is 0.305 e. The molecule has 1 aliphatic heterocycles. The number of benzene rings is 1. The lowest BCUT2D eigenvalue weighted by molar-refractivity contribution is -0.143. The first-order chi connectivity index (χ1) is 16.4. The molecule has 10 nitrogen and oxygen atoms in total. The minimum absolute atomic E-state index is 0.0329. The van der Waals surface area contributed by atoms with Gasteiger partial charge in [0.1, 0.15) is 0 Å². The average molecular weight is 496 g/mol. The van der Waals surface area contributed by atoms with E-state index in [1.807, 2.05) is 0 Å². The van der Waals surface area contributed by atoms with Crippen molar-refractivity contribution in [2.24, 2.45) is 0 Å². The number of amidine groups is 1. The standard InChI is InChI=1S/C23H33N3O7S/c1-3-31-21(28)7-5-4-6-12-32-19-15-17(22(29)25-23(24)34-2)8-9-18(19)33-16-20(27)26-10-13-30-14-11-26/h8-9,15H,3-7,10-14,16H2,1-2H3,(H2,24,25,29). The Morgan fingerprint density at radius 3 is 2.59 bits per heavy atom. The first-order valence-corrected chi connectivity index (χ1v) is 12.5. The molecular weight excluding hydrogens is 462 g/mol. The highest BCUT2D eigenvalue weighted by Gasteiger charge is 2.19. The maximum Gasteiger partial charge on any atom is 0.305 e. The number of rotatable bonds is 12. The summed E-state index contributed by atoms with van der Waals surface area (Å²) < 4.78 is 21.8. The summed E-state index contributed by atoms with van der Waals surface area (Å²) in [6.07, 6.45) is 4.22. The van der Waals surface area contributed by atoms with Gasteiger partial charge in [-0.2, -0.15) is 0 Å². The Balaban J connectivity index is 1.97. The molecule has 188 valence electrons. The molecule has 34 heavy (non-hydrogen) atoms. The van der Waals surface area contributed by atoms with E-state index in [4.69, 9.17) is 24.4 Å². The third-order valence-corrected chi connectivity index (χ3v) is 5.45. The van der Waals surface area contributed by atoms with Gasteiger partial charge >= 0.3 is 5.97 Å². The Bertz CT molecular complexity index is 844. The van der Waals surface area contributed by atoms with Gasteiger partial charge in [0, 0.05) is 25.1 Å². The van der Waals surface area contributed by atoms with Gasteiger partial charge in [0.25, 0.3) is 11.8 Å². The topological polar surface area (TPSA) is 127 Å². The highest BCUT2D eigenvalue weighted by Crippen LogP contribution is 2.29. The number of esters is 1. The summed E-state index contributed by atoms with van der Waals surface area (Å²) in [4.78, 5) is 37.9. The van der Waals surface area contributed by atoms with Crippen LogP contribution in [0.1, 0.15) is 43.0 Å². The summed E-state index contributed by atoms with van der Waals surface area (Å²) in [5.41, 5.74) is 0.308. The summed E-state index contributed by atoms with van der Waals surface area (Å²) >= 11 is 1.12. The Morgan fingerprint density at radius 1 is 1.12 bits per heavy atom. The van der Waals surface area contributed by atoms with Gasteiger partial charge in [0.15, 0.2) is 23.3 Å². The van der Waals surface area contributed by atoms with Crippen molar-refractivity contribution in [3.63, 3.8) is 0 Å². The summed E-state index contributed by atoms with van der Waals surface area (Å²) in [7, 11) is 0. The fourth-order valence-corrected chi connectivity index (χ4v) is 3.31. The minimum atomic E-state index is -0.436. The van der Waals surface area contributed by atoms with E-state index in [0.29, 0.717) is 75.8 Å². The number of carbonyl (C=O) groups excluding carboxylic acids is 3. The van der Waals surface area contributed by atoms with Gasteiger partial charge < -0.3 is 29.2 Å². The lowest BCUT2D eigenvalue weighted by Gasteiger charge is -2.26.